The maximum Gasteiger partial charge on any atom is 0.345 e. The second kappa shape index (κ2) is 20.1. The van der Waals surface area contributed by atoms with Crippen molar-refractivity contribution in [3.05, 3.63) is 82.9 Å². The van der Waals surface area contributed by atoms with Crippen molar-refractivity contribution in [2.75, 3.05) is 51.3 Å². The maximum atomic E-state index is 14.0. The number of carbonyl (C=O) groups is 4. The Morgan fingerprint density at radius 2 is 1.26 bits per heavy atom. The average Bonchev–Trinajstić information content (AvgIpc) is 3.14. The van der Waals surface area contributed by atoms with E-state index in [0.29, 0.717) is 82.3 Å². The fourth-order valence-corrected chi connectivity index (χ4v) is 8.15. The second-order valence-electron chi connectivity index (χ2n) is 14.7. The summed E-state index contributed by atoms with van der Waals surface area (Å²) in [7, 11) is -6.55. The number of amides is 2. The number of benzene rings is 3. The quantitative estimate of drug-likeness (QED) is 0.0145. The first-order valence-electron chi connectivity index (χ1n) is 18.9. The number of aliphatic carboxylic acids is 1. The second-order valence-corrected chi connectivity index (χ2v) is 17.8. The fraction of sp³-hybridized carbons (Fsp3) is 0.425. The Bertz CT molecular complexity index is 2310. The number of aryl methyl sites for hydroxylation is 3. The van der Waals surface area contributed by atoms with E-state index in [1.54, 1.807) is 50.2 Å². The predicted molar refractivity (Wildman–Crippen MR) is 217 cm³/mol. The van der Waals surface area contributed by atoms with Crippen LogP contribution >= 0.6 is 0 Å². The number of ether oxygens (including phenoxy) is 1. The molecule has 4 rings (SSSR count). The van der Waals surface area contributed by atoms with E-state index in [2.05, 4.69) is 10.6 Å². The number of fused-ring (bicyclic) bond motifs is 2. The summed E-state index contributed by atoms with van der Waals surface area (Å²) in [5, 5.41) is 15.6. The highest BCUT2D eigenvalue weighted by atomic mass is 32.2. The lowest BCUT2D eigenvalue weighted by atomic mass is 10.0. The summed E-state index contributed by atoms with van der Waals surface area (Å²) in [5.41, 5.74) is 3.11. The van der Waals surface area contributed by atoms with E-state index in [1.165, 1.54) is 0 Å². The third-order valence-electron chi connectivity index (χ3n) is 9.87. The van der Waals surface area contributed by atoms with E-state index in [1.807, 2.05) is 35.9 Å². The number of nitrogens with zero attached hydrogens (tertiary/aromatic N) is 2. The van der Waals surface area contributed by atoms with Gasteiger partial charge in [0.25, 0.3) is 26.1 Å². The molecule has 4 aromatic rings. The predicted octanol–water partition coefficient (Wildman–Crippen LogP) is 3.61. The molecule has 3 aromatic carbocycles. The van der Waals surface area contributed by atoms with Crippen LogP contribution < -0.4 is 19.9 Å². The van der Waals surface area contributed by atoms with Crippen molar-refractivity contribution in [3.63, 3.8) is 0 Å². The van der Waals surface area contributed by atoms with E-state index < -0.39 is 43.7 Å². The van der Waals surface area contributed by atoms with Gasteiger partial charge in [-0.1, -0.05) is 24.3 Å². The number of para-hydroxylation sites is 2. The van der Waals surface area contributed by atoms with E-state index in [0.717, 1.165) is 0 Å². The van der Waals surface area contributed by atoms with Gasteiger partial charge in [0, 0.05) is 62.9 Å². The highest BCUT2D eigenvalue weighted by molar-refractivity contribution is 7.86. The van der Waals surface area contributed by atoms with Gasteiger partial charge in [-0.3, -0.25) is 23.5 Å². The summed E-state index contributed by atoms with van der Waals surface area (Å²) in [6.07, 6.45) is 1.34. The molecule has 0 bridgehead atoms. The van der Waals surface area contributed by atoms with Crippen LogP contribution in [0.2, 0.25) is 0 Å². The zero-order valence-corrected chi connectivity index (χ0v) is 34.5. The third kappa shape index (κ3) is 13.5. The van der Waals surface area contributed by atoms with Gasteiger partial charge in [-0.25, -0.2) is 4.79 Å². The first kappa shape index (κ1) is 45.7. The molecule has 1 atom stereocenters. The molecule has 58 heavy (non-hydrogen) atoms. The van der Waals surface area contributed by atoms with Crippen LogP contribution in [0.1, 0.15) is 70.4 Å². The van der Waals surface area contributed by atoms with Crippen molar-refractivity contribution in [2.45, 2.75) is 58.9 Å². The number of rotatable bonds is 22. The van der Waals surface area contributed by atoms with Crippen LogP contribution in [0.4, 0.5) is 0 Å². The molecule has 2 amide bonds. The van der Waals surface area contributed by atoms with Crippen molar-refractivity contribution >= 4 is 65.8 Å². The number of hydrogen-bond acceptors (Lipinski definition) is 9. The van der Waals surface area contributed by atoms with E-state index in [9.17, 15) is 45.1 Å². The zero-order chi connectivity index (χ0) is 42.7. The molecule has 5 N–H and O–H groups in total. The molecule has 0 spiro atoms. The number of hydrogen-bond donors (Lipinski definition) is 5. The van der Waals surface area contributed by atoms with Crippen LogP contribution in [0.3, 0.4) is 0 Å². The number of quaternary nitrogens is 1. The van der Waals surface area contributed by atoms with Gasteiger partial charge in [-0.05, 0) is 55.7 Å². The summed E-state index contributed by atoms with van der Waals surface area (Å²) in [6, 6.07) is 17.7. The first-order valence-corrected chi connectivity index (χ1v) is 22.2. The number of carboxylic acid groups (broad SMARTS) is 1. The normalized spacial score (nSPS) is 12.9. The minimum absolute atomic E-state index is 0.0871. The first-order chi connectivity index (χ1) is 27.3. The Labute approximate surface area is 338 Å². The summed E-state index contributed by atoms with van der Waals surface area (Å²) in [4.78, 5) is 50.0. The van der Waals surface area contributed by atoms with Gasteiger partial charge in [0.1, 0.15) is 11.5 Å². The van der Waals surface area contributed by atoms with Crippen LogP contribution in [0.5, 0.6) is 5.75 Å². The minimum atomic E-state index is -4.22. The molecule has 0 aliphatic heterocycles. The molecule has 1 heterocycles. The molecule has 314 valence electrons. The largest absolute Gasteiger partial charge is 0.481 e. The highest BCUT2D eigenvalue weighted by Gasteiger charge is 2.27. The molecule has 0 aliphatic carbocycles. The van der Waals surface area contributed by atoms with Crippen LogP contribution in [-0.2, 0) is 36.4 Å². The van der Waals surface area contributed by atoms with Gasteiger partial charge < -0.3 is 25.0 Å². The SMILES string of the molecule is Cc1cc(C(=O)NCCC[N+](C)(CCCNC(=O)CCCC(=O)O)CCS(=O)(=O)O)cc(C)c1OC(=O)c1c2ccccc2[n+](CCCS(=O)(=O)O)c2ccccc12. The Kier molecular flexibility index (Phi) is 15.8. The minimum Gasteiger partial charge on any atom is -0.481 e. The summed E-state index contributed by atoms with van der Waals surface area (Å²) < 4.78 is 72.8. The van der Waals surface area contributed by atoms with Crippen molar-refractivity contribution in [1.82, 2.24) is 10.6 Å². The van der Waals surface area contributed by atoms with E-state index in [-0.39, 0.29) is 61.6 Å². The summed E-state index contributed by atoms with van der Waals surface area (Å²) >= 11 is 0. The highest BCUT2D eigenvalue weighted by Crippen LogP contribution is 2.30. The van der Waals surface area contributed by atoms with Crippen molar-refractivity contribution in [2.24, 2.45) is 0 Å². The number of nitrogens with one attached hydrogen (secondary N) is 2. The molecular formula is C40H52N4O12S2+2. The standard InChI is InChI=1S/C40H50N4O12S2/c1-28-26-30(39(48)42-19-10-22-44(3,23-25-58(53,54)55)21-9-18-41-35(45)16-8-17-36(46)47)27-29(2)38(28)56-40(49)37-31-12-4-6-14-33(31)43(20-11-24-57(50,51)52)34-15-7-5-13-32(34)37/h4-7,12-15,26-27H,8-11,16-25H2,1-3H3,(H3-2,41,42,45,46,47,48,50,51,52,53,54,55)/p+2. The van der Waals surface area contributed by atoms with Crippen molar-refractivity contribution in [3.8, 4) is 5.75 Å². The number of carbonyl (C=O) groups excluding carboxylic acids is 3. The smallest absolute Gasteiger partial charge is 0.345 e. The summed E-state index contributed by atoms with van der Waals surface area (Å²) in [6.45, 7) is 5.35. The molecule has 1 unspecified atom stereocenters. The average molecular weight is 845 g/mol. The summed E-state index contributed by atoms with van der Waals surface area (Å²) in [5.74, 6) is -2.80. The molecular weight excluding hydrogens is 793 g/mol. The molecule has 0 radical (unpaired) electrons. The molecule has 0 fully saturated rings. The van der Waals surface area contributed by atoms with E-state index >= 15 is 0 Å². The lowest BCUT2D eigenvalue weighted by Crippen LogP contribution is -2.49. The lowest BCUT2D eigenvalue weighted by molar-refractivity contribution is -0.907. The van der Waals surface area contributed by atoms with Crippen LogP contribution in [0.15, 0.2) is 60.7 Å². The van der Waals surface area contributed by atoms with Crippen LogP contribution in [0.25, 0.3) is 21.8 Å². The van der Waals surface area contributed by atoms with Gasteiger partial charge in [-0.15, -0.1) is 0 Å². The van der Waals surface area contributed by atoms with Gasteiger partial charge in [0.05, 0.1) is 48.8 Å². The van der Waals surface area contributed by atoms with Crippen LogP contribution in [0, 0.1) is 13.8 Å². The van der Waals surface area contributed by atoms with Gasteiger partial charge in [0.2, 0.25) is 16.9 Å². The Morgan fingerprint density at radius 1 is 0.724 bits per heavy atom. The lowest BCUT2D eigenvalue weighted by Gasteiger charge is -2.34. The fourth-order valence-electron chi connectivity index (χ4n) is 6.98. The van der Waals surface area contributed by atoms with Gasteiger partial charge >= 0.3 is 11.9 Å². The number of pyridine rings is 1. The third-order valence-corrected chi connectivity index (χ3v) is 11.4. The molecule has 0 saturated heterocycles. The monoisotopic (exact) mass is 844 g/mol. The molecule has 0 saturated carbocycles. The Morgan fingerprint density at radius 3 is 1.79 bits per heavy atom. The molecule has 1 aromatic heterocycles. The van der Waals surface area contributed by atoms with Crippen molar-refractivity contribution < 1.29 is 64.0 Å². The molecule has 0 aliphatic rings. The molecule has 16 nitrogen and oxygen atoms in total. The Balaban J connectivity index is 1.42. The molecule has 18 heteroatoms. The zero-order valence-electron chi connectivity index (χ0n) is 32.9. The Hall–Kier alpha value is -5.01. The van der Waals surface area contributed by atoms with Gasteiger partial charge in [-0.2, -0.15) is 21.4 Å². The van der Waals surface area contributed by atoms with Crippen molar-refractivity contribution in [1.29, 1.82) is 0 Å². The topological polar surface area (TPSA) is 234 Å². The maximum absolute atomic E-state index is 14.0. The van der Waals surface area contributed by atoms with E-state index in [4.69, 9.17) is 9.84 Å². The number of esters is 1. The number of carboxylic acids is 1. The number of aromatic nitrogens is 1. The van der Waals surface area contributed by atoms with Crippen LogP contribution in [-0.4, -0.2) is 111 Å². The van der Waals surface area contributed by atoms with Gasteiger partial charge in [0.15, 0.2) is 6.54 Å².